The van der Waals surface area contributed by atoms with E-state index in [-0.39, 0.29) is 18.8 Å². The van der Waals surface area contributed by atoms with Gasteiger partial charge in [-0.2, -0.15) is 8.42 Å². The predicted molar refractivity (Wildman–Crippen MR) is 81.7 cm³/mol. The quantitative estimate of drug-likeness (QED) is 0.806. The minimum atomic E-state index is -4.10. The molecule has 0 spiro atoms. The van der Waals surface area contributed by atoms with Gasteiger partial charge < -0.3 is 9.84 Å². The van der Waals surface area contributed by atoms with Crippen molar-refractivity contribution in [2.24, 2.45) is 5.14 Å². The van der Waals surface area contributed by atoms with Crippen LogP contribution in [0, 0.1) is 0 Å². The van der Waals surface area contributed by atoms with Gasteiger partial charge in [-0.05, 0) is 29.8 Å². The zero-order chi connectivity index (χ0) is 16.0. The summed E-state index contributed by atoms with van der Waals surface area (Å²) in [6, 6.07) is 15.4. The van der Waals surface area contributed by atoms with Crippen molar-refractivity contribution in [3.05, 3.63) is 60.2 Å². The average Bonchev–Trinajstić information content (AvgIpc) is 2.44. The summed E-state index contributed by atoms with van der Waals surface area (Å²) >= 11 is 0. The van der Waals surface area contributed by atoms with Crippen LogP contribution in [-0.4, -0.2) is 26.2 Å². The van der Waals surface area contributed by atoms with Crippen molar-refractivity contribution in [2.75, 3.05) is 6.61 Å². The molecule has 22 heavy (non-hydrogen) atoms. The maximum absolute atomic E-state index is 11.2. The molecule has 0 bridgehead atoms. The summed E-state index contributed by atoms with van der Waals surface area (Å²) in [5, 5.41) is 14.4. The smallest absolute Gasteiger partial charge is 0.333 e. The first-order valence-electron chi connectivity index (χ1n) is 6.59. The number of rotatable bonds is 7. The highest BCUT2D eigenvalue weighted by atomic mass is 32.2. The number of ether oxygens (including phenoxy) is 1. The van der Waals surface area contributed by atoms with Crippen molar-refractivity contribution in [1.29, 1.82) is 0 Å². The fraction of sp³-hybridized carbons (Fsp3) is 0.200. The van der Waals surface area contributed by atoms with Crippen LogP contribution in [0.1, 0.15) is 5.56 Å². The van der Waals surface area contributed by atoms with E-state index in [2.05, 4.69) is 0 Å². The molecule has 0 radical (unpaired) electrons. The van der Waals surface area contributed by atoms with E-state index in [0.29, 0.717) is 11.3 Å². The van der Waals surface area contributed by atoms with Crippen molar-refractivity contribution in [3.8, 4) is 11.5 Å². The van der Waals surface area contributed by atoms with Crippen LogP contribution >= 0.6 is 0 Å². The normalized spacial score (nSPS) is 12.8. The second kappa shape index (κ2) is 7.26. The van der Waals surface area contributed by atoms with Crippen molar-refractivity contribution in [3.63, 3.8) is 0 Å². The summed E-state index contributed by atoms with van der Waals surface area (Å²) in [7, 11) is -4.10. The SMILES string of the molecule is NS(=O)(=O)OC(COc1ccccc1)Cc1cccc(O)c1. The van der Waals surface area contributed by atoms with E-state index in [1.165, 1.54) is 12.1 Å². The van der Waals surface area contributed by atoms with Gasteiger partial charge in [-0.15, -0.1) is 0 Å². The van der Waals surface area contributed by atoms with Gasteiger partial charge in [0.05, 0.1) is 0 Å². The number of nitrogens with two attached hydrogens (primary N) is 1. The third kappa shape index (κ3) is 5.72. The van der Waals surface area contributed by atoms with E-state index >= 15 is 0 Å². The summed E-state index contributed by atoms with van der Waals surface area (Å²) in [5.74, 6) is 0.692. The first kappa shape index (κ1) is 16.3. The summed E-state index contributed by atoms with van der Waals surface area (Å²) in [4.78, 5) is 0. The zero-order valence-electron chi connectivity index (χ0n) is 11.8. The molecule has 3 N–H and O–H groups in total. The minimum Gasteiger partial charge on any atom is -0.508 e. The van der Waals surface area contributed by atoms with Gasteiger partial charge in [0.25, 0.3) is 0 Å². The molecule has 0 saturated carbocycles. The molecule has 1 atom stereocenters. The van der Waals surface area contributed by atoms with Crippen LogP contribution in [0.4, 0.5) is 0 Å². The molecule has 2 aromatic rings. The number of benzene rings is 2. The molecule has 6 nitrogen and oxygen atoms in total. The summed E-state index contributed by atoms with van der Waals surface area (Å²) in [5.41, 5.74) is 0.713. The lowest BCUT2D eigenvalue weighted by Crippen LogP contribution is -2.30. The first-order chi connectivity index (χ1) is 10.4. The highest BCUT2D eigenvalue weighted by Crippen LogP contribution is 2.16. The largest absolute Gasteiger partial charge is 0.508 e. The second-order valence-corrected chi connectivity index (χ2v) is 5.89. The van der Waals surface area contributed by atoms with Crippen LogP contribution in [0.15, 0.2) is 54.6 Å². The molecule has 0 fully saturated rings. The lowest BCUT2D eigenvalue weighted by molar-refractivity contribution is 0.134. The maximum Gasteiger partial charge on any atom is 0.333 e. The third-order valence-corrected chi connectivity index (χ3v) is 3.36. The minimum absolute atomic E-state index is 0.0100. The van der Waals surface area contributed by atoms with Crippen molar-refractivity contribution in [2.45, 2.75) is 12.5 Å². The van der Waals surface area contributed by atoms with Gasteiger partial charge in [0, 0.05) is 6.42 Å². The van der Waals surface area contributed by atoms with Gasteiger partial charge in [0.2, 0.25) is 0 Å². The summed E-state index contributed by atoms with van der Waals surface area (Å²) in [6.07, 6.45) is -0.561. The Hall–Kier alpha value is -2.09. The van der Waals surface area contributed by atoms with Crippen molar-refractivity contribution >= 4 is 10.3 Å². The number of aromatic hydroxyl groups is 1. The highest BCUT2D eigenvalue weighted by Gasteiger charge is 2.18. The lowest BCUT2D eigenvalue weighted by atomic mass is 10.1. The number of phenols is 1. The Kier molecular flexibility index (Phi) is 5.37. The lowest BCUT2D eigenvalue weighted by Gasteiger charge is -2.17. The topological polar surface area (TPSA) is 98.9 Å². The Morgan fingerprint density at radius 1 is 1.09 bits per heavy atom. The van der Waals surface area contributed by atoms with Crippen LogP contribution in [-0.2, 0) is 20.9 Å². The number of para-hydroxylation sites is 1. The fourth-order valence-corrected chi connectivity index (χ4v) is 2.47. The van der Waals surface area contributed by atoms with Crippen LogP contribution in [0.3, 0.4) is 0 Å². The number of phenolic OH excluding ortho intramolecular Hbond substituents is 1. The first-order valence-corrected chi connectivity index (χ1v) is 8.06. The molecular formula is C15H17NO5S. The van der Waals surface area contributed by atoms with Crippen LogP contribution in [0.25, 0.3) is 0 Å². The molecule has 1 unspecified atom stereocenters. The molecule has 2 aromatic carbocycles. The van der Waals surface area contributed by atoms with E-state index in [1.807, 2.05) is 6.07 Å². The molecular weight excluding hydrogens is 306 g/mol. The molecule has 0 aliphatic carbocycles. The highest BCUT2D eigenvalue weighted by molar-refractivity contribution is 7.84. The Bertz CT molecular complexity index is 703. The van der Waals surface area contributed by atoms with Gasteiger partial charge in [-0.25, -0.2) is 5.14 Å². The predicted octanol–water partition coefficient (Wildman–Crippen LogP) is 1.60. The van der Waals surface area contributed by atoms with Gasteiger partial charge in [-0.3, -0.25) is 4.18 Å². The van der Waals surface area contributed by atoms with E-state index in [4.69, 9.17) is 14.1 Å². The monoisotopic (exact) mass is 323 g/mol. The van der Waals surface area contributed by atoms with Gasteiger partial charge >= 0.3 is 10.3 Å². The molecule has 0 heterocycles. The van der Waals surface area contributed by atoms with Gasteiger partial charge in [-0.1, -0.05) is 30.3 Å². The molecule has 0 aliphatic rings. The molecule has 0 aromatic heterocycles. The van der Waals surface area contributed by atoms with Gasteiger partial charge in [0.1, 0.15) is 24.2 Å². The maximum atomic E-state index is 11.2. The zero-order valence-corrected chi connectivity index (χ0v) is 12.6. The van der Waals surface area contributed by atoms with Crippen LogP contribution in [0.5, 0.6) is 11.5 Å². The second-order valence-electron chi connectivity index (χ2n) is 4.71. The Morgan fingerprint density at radius 2 is 1.82 bits per heavy atom. The van der Waals surface area contributed by atoms with E-state index in [0.717, 1.165) is 0 Å². The molecule has 118 valence electrons. The summed E-state index contributed by atoms with van der Waals surface area (Å²) < 4.78 is 32.7. The van der Waals surface area contributed by atoms with E-state index in [9.17, 15) is 13.5 Å². The van der Waals surface area contributed by atoms with E-state index in [1.54, 1.807) is 36.4 Å². The Labute approximate surface area is 129 Å². The molecule has 7 heteroatoms. The molecule has 0 saturated heterocycles. The van der Waals surface area contributed by atoms with Crippen molar-refractivity contribution < 1.29 is 22.4 Å². The standard InChI is InChI=1S/C15H17NO5S/c16-22(18,19)21-15(10-12-5-4-6-13(17)9-12)11-20-14-7-2-1-3-8-14/h1-9,15,17H,10-11H2,(H2,16,18,19). The number of hydrogen-bond donors (Lipinski definition) is 2. The average molecular weight is 323 g/mol. The van der Waals surface area contributed by atoms with E-state index < -0.39 is 16.4 Å². The summed E-state index contributed by atoms with van der Waals surface area (Å²) in [6.45, 7) is 0.0100. The van der Waals surface area contributed by atoms with Gasteiger partial charge in [0.15, 0.2) is 0 Å². The molecule has 2 rings (SSSR count). The Morgan fingerprint density at radius 3 is 2.45 bits per heavy atom. The van der Waals surface area contributed by atoms with Crippen LogP contribution in [0.2, 0.25) is 0 Å². The van der Waals surface area contributed by atoms with Crippen LogP contribution < -0.4 is 9.88 Å². The number of hydrogen-bond acceptors (Lipinski definition) is 5. The third-order valence-electron chi connectivity index (χ3n) is 2.82. The molecule has 0 aliphatic heterocycles. The fourth-order valence-electron chi connectivity index (χ4n) is 1.96. The molecule has 0 amide bonds. The Balaban J connectivity index is 2.05. The van der Waals surface area contributed by atoms with Crippen molar-refractivity contribution in [1.82, 2.24) is 0 Å².